The molecule has 1 amide bonds. The molecule has 9 heteroatoms. The molecule has 0 bridgehead atoms. The van der Waals surface area contributed by atoms with Gasteiger partial charge in [-0.25, -0.2) is 14.1 Å². The molecule has 0 aliphatic rings. The Labute approximate surface area is 151 Å². The number of anilines is 1. The topological polar surface area (TPSA) is 88.5 Å². The third-order valence-electron chi connectivity index (χ3n) is 3.62. The fourth-order valence-corrected chi connectivity index (χ4v) is 3.06. The monoisotopic (exact) mass is 368 g/mol. The van der Waals surface area contributed by atoms with E-state index in [0.29, 0.717) is 6.54 Å². The minimum atomic E-state index is -0.399. The van der Waals surface area contributed by atoms with Crippen LogP contribution in [0.5, 0.6) is 0 Å². The van der Waals surface area contributed by atoms with Crippen molar-refractivity contribution in [2.45, 2.75) is 6.54 Å². The highest BCUT2D eigenvalue weighted by molar-refractivity contribution is 7.13. The average Bonchev–Trinajstić information content (AvgIpc) is 3.38. The van der Waals surface area contributed by atoms with Crippen LogP contribution in [-0.2, 0) is 6.54 Å². The van der Waals surface area contributed by atoms with Gasteiger partial charge in [-0.15, -0.1) is 16.4 Å². The van der Waals surface area contributed by atoms with Crippen LogP contribution in [0.1, 0.15) is 16.1 Å². The van der Waals surface area contributed by atoms with Crippen LogP contribution in [0.3, 0.4) is 0 Å². The van der Waals surface area contributed by atoms with Crippen molar-refractivity contribution >= 4 is 23.2 Å². The zero-order chi connectivity index (χ0) is 17.9. The van der Waals surface area contributed by atoms with Crippen LogP contribution in [-0.4, -0.2) is 30.9 Å². The van der Waals surface area contributed by atoms with E-state index in [-0.39, 0.29) is 17.5 Å². The minimum Gasteiger partial charge on any atom is -0.288 e. The highest BCUT2D eigenvalue weighted by atomic mass is 32.1. The maximum Gasteiger partial charge on any atom is 0.278 e. The van der Waals surface area contributed by atoms with Crippen LogP contribution < -0.4 is 5.32 Å². The maximum atomic E-state index is 12.9. The van der Waals surface area contributed by atoms with Gasteiger partial charge < -0.3 is 0 Å². The van der Waals surface area contributed by atoms with Gasteiger partial charge in [0.25, 0.3) is 5.91 Å². The molecule has 0 fully saturated rings. The van der Waals surface area contributed by atoms with Crippen LogP contribution in [0.4, 0.5) is 10.3 Å². The van der Waals surface area contributed by atoms with E-state index < -0.39 is 5.91 Å². The molecule has 0 unspecified atom stereocenters. The highest BCUT2D eigenvalue weighted by Crippen LogP contribution is 2.23. The van der Waals surface area contributed by atoms with E-state index in [1.165, 1.54) is 18.5 Å². The molecule has 26 heavy (non-hydrogen) atoms. The molecule has 130 valence electrons. The summed E-state index contributed by atoms with van der Waals surface area (Å²) >= 11 is 1.56. The van der Waals surface area contributed by atoms with Gasteiger partial charge in [-0.05, 0) is 35.2 Å². The number of amides is 1. The molecule has 7 nitrogen and oxygen atoms in total. The van der Waals surface area contributed by atoms with E-state index in [1.54, 1.807) is 34.2 Å². The second-order valence-corrected chi connectivity index (χ2v) is 6.44. The number of carbonyl (C=O) groups is 1. The number of halogens is 1. The summed E-state index contributed by atoms with van der Waals surface area (Å²) in [5.41, 5.74) is 1.91. The van der Waals surface area contributed by atoms with Gasteiger partial charge in [0.1, 0.15) is 12.1 Å². The number of H-pyrrole nitrogens is 1. The molecular weight excluding hydrogens is 355 g/mol. The van der Waals surface area contributed by atoms with Crippen molar-refractivity contribution in [2.75, 3.05) is 5.32 Å². The zero-order valence-corrected chi connectivity index (χ0v) is 14.2. The summed E-state index contributed by atoms with van der Waals surface area (Å²) < 4.78 is 14.5. The second kappa shape index (κ2) is 6.89. The summed E-state index contributed by atoms with van der Waals surface area (Å²) in [7, 11) is 0. The fourth-order valence-electron chi connectivity index (χ4n) is 2.37. The third-order valence-corrected chi connectivity index (χ3v) is 4.52. The summed E-state index contributed by atoms with van der Waals surface area (Å²) in [6.07, 6.45) is 1.50. The number of carbonyl (C=O) groups excluding carboxylic acids is 1. The summed E-state index contributed by atoms with van der Waals surface area (Å²) in [6, 6.07) is 11.7. The van der Waals surface area contributed by atoms with Crippen molar-refractivity contribution in [3.63, 3.8) is 0 Å². The van der Waals surface area contributed by atoms with Crippen molar-refractivity contribution in [1.29, 1.82) is 0 Å². The minimum absolute atomic E-state index is 0.179. The molecule has 0 aliphatic carbocycles. The summed E-state index contributed by atoms with van der Waals surface area (Å²) in [6.45, 7) is 0.425. The first kappa shape index (κ1) is 16.2. The molecule has 0 saturated carbocycles. The number of thiophene rings is 1. The number of nitrogens with one attached hydrogen (secondary N) is 2. The number of rotatable bonds is 5. The fraction of sp³-hybridized carbons (Fsp3) is 0.0588. The molecule has 0 atom stereocenters. The van der Waals surface area contributed by atoms with E-state index in [4.69, 9.17) is 0 Å². The molecule has 0 spiro atoms. The predicted octanol–water partition coefficient (Wildman–Crippen LogP) is 3.17. The third kappa shape index (κ3) is 3.52. The summed E-state index contributed by atoms with van der Waals surface area (Å²) in [5, 5.41) is 15.6. The Bertz CT molecular complexity index is 1020. The van der Waals surface area contributed by atoms with Crippen molar-refractivity contribution in [2.24, 2.45) is 0 Å². The lowest BCUT2D eigenvalue weighted by Crippen LogP contribution is -2.14. The predicted molar refractivity (Wildman–Crippen MR) is 95.4 cm³/mol. The van der Waals surface area contributed by atoms with Crippen LogP contribution in [0.15, 0.2) is 54.2 Å². The largest absolute Gasteiger partial charge is 0.288 e. The molecule has 1 aromatic carbocycles. The van der Waals surface area contributed by atoms with Gasteiger partial charge in [0.15, 0.2) is 5.69 Å². The van der Waals surface area contributed by atoms with E-state index in [2.05, 4.69) is 25.6 Å². The number of benzene rings is 1. The van der Waals surface area contributed by atoms with Gasteiger partial charge in [0.05, 0.1) is 17.1 Å². The Morgan fingerprint density at radius 3 is 2.88 bits per heavy atom. The first-order chi connectivity index (χ1) is 12.7. The van der Waals surface area contributed by atoms with Gasteiger partial charge in [0, 0.05) is 0 Å². The lowest BCUT2D eigenvalue weighted by atomic mass is 10.2. The van der Waals surface area contributed by atoms with Crippen molar-refractivity contribution in [3.05, 3.63) is 71.2 Å². The molecule has 2 N–H and O–H groups in total. The van der Waals surface area contributed by atoms with Crippen LogP contribution in [0, 0.1) is 5.82 Å². The van der Waals surface area contributed by atoms with Crippen molar-refractivity contribution in [3.8, 4) is 10.6 Å². The molecule has 0 radical (unpaired) electrons. The Kier molecular flexibility index (Phi) is 4.28. The van der Waals surface area contributed by atoms with Crippen molar-refractivity contribution in [1.82, 2.24) is 25.0 Å². The first-order valence-electron chi connectivity index (χ1n) is 7.72. The van der Waals surface area contributed by atoms with E-state index >= 15 is 0 Å². The maximum absolute atomic E-state index is 12.9. The molecule has 3 aromatic heterocycles. The normalized spacial score (nSPS) is 10.8. The number of hydrogen-bond acceptors (Lipinski definition) is 5. The number of hydrogen-bond donors (Lipinski definition) is 2. The SMILES string of the molecule is O=C(Nc1ncn(Cc2ccc(F)cc2)n1)c1cc(-c2cccs2)[nH]n1. The highest BCUT2D eigenvalue weighted by Gasteiger charge is 2.14. The molecule has 0 saturated heterocycles. The Morgan fingerprint density at radius 1 is 1.27 bits per heavy atom. The van der Waals surface area contributed by atoms with E-state index in [0.717, 1.165) is 16.1 Å². The molecule has 4 aromatic rings. The average molecular weight is 368 g/mol. The van der Waals surface area contributed by atoms with E-state index in [9.17, 15) is 9.18 Å². The summed E-state index contributed by atoms with van der Waals surface area (Å²) in [5.74, 6) is -0.511. The van der Waals surface area contributed by atoms with Gasteiger partial charge in [0.2, 0.25) is 5.95 Å². The van der Waals surface area contributed by atoms with Gasteiger partial charge in [-0.2, -0.15) is 5.10 Å². The lowest BCUT2D eigenvalue weighted by Gasteiger charge is -2.00. The Morgan fingerprint density at radius 2 is 2.12 bits per heavy atom. The van der Waals surface area contributed by atoms with Crippen molar-refractivity contribution < 1.29 is 9.18 Å². The van der Waals surface area contributed by atoms with E-state index in [1.807, 2.05) is 17.5 Å². The number of nitrogens with zero attached hydrogens (tertiary/aromatic N) is 4. The van der Waals surface area contributed by atoms with Gasteiger partial charge in [-0.3, -0.25) is 15.2 Å². The molecule has 3 heterocycles. The molecule has 0 aliphatic heterocycles. The molecule has 4 rings (SSSR count). The smallest absolute Gasteiger partial charge is 0.278 e. The standard InChI is InChI=1S/C17H13FN6OS/c18-12-5-3-11(4-6-12)9-24-10-19-17(23-24)20-16(25)14-8-13(21-22-14)15-2-1-7-26-15/h1-8,10H,9H2,(H,21,22)(H,20,23,25). The lowest BCUT2D eigenvalue weighted by molar-refractivity contribution is 0.102. The number of aromatic nitrogens is 5. The Balaban J connectivity index is 1.42. The second-order valence-electron chi connectivity index (χ2n) is 5.49. The van der Waals surface area contributed by atoms with Crippen LogP contribution in [0.25, 0.3) is 10.6 Å². The number of aromatic amines is 1. The zero-order valence-electron chi connectivity index (χ0n) is 13.4. The first-order valence-corrected chi connectivity index (χ1v) is 8.60. The van der Waals surface area contributed by atoms with Crippen LogP contribution >= 0.6 is 11.3 Å². The summed E-state index contributed by atoms with van der Waals surface area (Å²) in [4.78, 5) is 17.3. The van der Waals surface area contributed by atoms with Crippen LogP contribution in [0.2, 0.25) is 0 Å². The molecular formula is C17H13FN6OS. The van der Waals surface area contributed by atoms with Gasteiger partial charge in [-0.1, -0.05) is 18.2 Å². The quantitative estimate of drug-likeness (QED) is 0.566. The van der Waals surface area contributed by atoms with Gasteiger partial charge >= 0.3 is 0 Å². The Hall–Kier alpha value is -3.33.